The second-order valence-corrected chi connectivity index (χ2v) is 5.64. The molecular formula is C14H26N2O4. The van der Waals surface area contributed by atoms with Gasteiger partial charge in [0.25, 0.3) is 0 Å². The van der Waals surface area contributed by atoms with E-state index < -0.39 is 17.6 Å². The smallest absolute Gasteiger partial charge is 0.323 e. The highest BCUT2D eigenvalue weighted by atomic mass is 16.4. The van der Waals surface area contributed by atoms with Crippen molar-refractivity contribution >= 4 is 17.7 Å². The molecule has 0 saturated carbocycles. The standard InChI is InChI=1S/C14H26N2O4/c1-6-7-14(5,13(19)20)15-8-11(18)16-12(9(2)3)10(4)17/h9,12,15H,6-8H2,1-5H3,(H,16,18)(H,19,20). The number of carbonyl (C=O) groups is 3. The van der Waals surface area contributed by atoms with Crippen LogP contribution in [-0.2, 0) is 14.4 Å². The van der Waals surface area contributed by atoms with E-state index in [4.69, 9.17) is 0 Å². The minimum absolute atomic E-state index is 0.00190. The number of carboxylic acids is 1. The highest BCUT2D eigenvalue weighted by Crippen LogP contribution is 2.12. The molecule has 0 aromatic heterocycles. The molecule has 2 atom stereocenters. The molecule has 3 N–H and O–H groups in total. The van der Waals surface area contributed by atoms with E-state index in [-0.39, 0.29) is 24.2 Å². The fraction of sp³-hybridized carbons (Fsp3) is 0.786. The van der Waals surface area contributed by atoms with Gasteiger partial charge >= 0.3 is 5.97 Å². The number of aliphatic carboxylic acids is 1. The van der Waals surface area contributed by atoms with Crippen LogP contribution in [0.1, 0.15) is 47.5 Å². The van der Waals surface area contributed by atoms with Crippen molar-refractivity contribution in [1.82, 2.24) is 10.6 Å². The second kappa shape index (κ2) is 7.99. The predicted molar refractivity (Wildman–Crippen MR) is 76.4 cm³/mol. The maximum absolute atomic E-state index is 11.8. The number of hydrogen-bond acceptors (Lipinski definition) is 4. The molecule has 0 saturated heterocycles. The molecule has 1 amide bonds. The number of Topliss-reactive ketones (excluding diaryl/α,β-unsaturated/α-hetero) is 1. The SMILES string of the molecule is CCCC(C)(NCC(=O)NC(C(C)=O)C(C)C)C(=O)O. The Balaban J connectivity index is 4.54. The van der Waals surface area contributed by atoms with E-state index in [2.05, 4.69) is 10.6 Å². The molecule has 0 aliphatic heterocycles. The van der Waals surface area contributed by atoms with Crippen molar-refractivity contribution in [1.29, 1.82) is 0 Å². The summed E-state index contributed by atoms with van der Waals surface area (Å²) in [6.45, 7) is 8.43. The molecule has 0 aliphatic rings. The third kappa shape index (κ3) is 5.69. The number of carboxylic acid groups (broad SMARTS) is 1. The Bertz CT molecular complexity index is 368. The van der Waals surface area contributed by atoms with Crippen molar-refractivity contribution in [3.8, 4) is 0 Å². The van der Waals surface area contributed by atoms with Gasteiger partial charge in [0.15, 0.2) is 5.78 Å². The number of carbonyl (C=O) groups excluding carboxylic acids is 2. The Hall–Kier alpha value is -1.43. The first-order chi connectivity index (χ1) is 9.14. The van der Waals surface area contributed by atoms with E-state index in [1.807, 2.05) is 20.8 Å². The fourth-order valence-electron chi connectivity index (χ4n) is 2.01. The Morgan fingerprint density at radius 2 is 1.80 bits per heavy atom. The molecule has 0 aliphatic carbocycles. The van der Waals surface area contributed by atoms with Crippen molar-refractivity contribution in [3.63, 3.8) is 0 Å². The summed E-state index contributed by atoms with van der Waals surface area (Å²) in [5.74, 6) is -1.47. The van der Waals surface area contributed by atoms with Gasteiger partial charge < -0.3 is 10.4 Å². The molecular weight excluding hydrogens is 260 g/mol. The summed E-state index contributed by atoms with van der Waals surface area (Å²) < 4.78 is 0. The topological polar surface area (TPSA) is 95.5 Å². The summed E-state index contributed by atoms with van der Waals surface area (Å²) in [6, 6.07) is -0.536. The largest absolute Gasteiger partial charge is 0.480 e. The number of rotatable bonds is 9. The summed E-state index contributed by atoms with van der Waals surface area (Å²) in [7, 11) is 0. The first-order valence-corrected chi connectivity index (χ1v) is 6.92. The molecule has 0 heterocycles. The minimum atomic E-state index is -1.13. The lowest BCUT2D eigenvalue weighted by molar-refractivity contribution is -0.144. The average Bonchev–Trinajstić information content (AvgIpc) is 2.32. The third-order valence-corrected chi connectivity index (χ3v) is 3.28. The van der Waals surface area contributed by atoms with Crippen molar-refractivity contribution in [2.24, 2.45) is 5.92 Å². The second-order valence-electron chi connectivity index (χ2n) is 5.64. The number of nitrogens with one attached hydrogen (secondary N) is 2. The van der Waals surface area contributed by atoms with Crippen molar-refractivity contribution in [2.75, 3.05) is 6.54 Å². The van der Waals surface area contributed by atoms with Gasteiger partial charge in [-0.2, -0.15) is 0 Å². The Labute approximate surface area is 120 Å². The zero-order valence-electron chi connectivity index (χ0n) is 12.9. The molecule has 116 valence electrons. The molecule has 0 aromatic carbocycles. The summed E-state index contributed by atoms with van der Waals surface area (Å²) in [6.07, 6.45) is 1.12. The maximum atomic E-state index is 11.8. The quantitative estimate of drug-likeness (QED) is 0.586. The van der Waals surface area contributed by atoms with Gasteiger partial charge in [-0.15, -0.1) is 0 Å². The van der Waals surface area contributed by atoms with Gasteiger partial charge in [-0.3, -0.25) is 19.7 Å². The Morgan fingerprint density at radius 3 is 2.15 bits per heavy atom. The molecule has 0 spiro atoms. The van der Waals surface area contributed by atoms with E-state index in [1.54, 1.807) is 6.92 Å². The van der Waals surface area contributed by atoms with Gasteiger partial charge in [-0.1, -0.05) is 27.2 Å². The van der Waals surface area contributed by atoms with Crippen LogP contribution in [0.2, 0.25) is 0 Å². The molecule has 0 radical (unpaired) electrons. The molecule has 6 heteroatoms. The third-order valence-electron chi connectivity index (χ3n) is 3.28. The van der Waals surface area contributed by atoms with E-state index in [9.17, 15) is 19.5 Å². The summed E-state index contributed by atoms with van der Waals surface area (Å²) in [4.78, 5) is 34.4. The fourth-order valence-corrected chi connectivity index (χ4v) is 2.01. The molecule has 6 nitrogen and oxygen atoms in total. The molecule has 2 unspecified atom stereocenters. The van der Waals surface area contributed by atoms with Gasteiger partial charge in [0, 0.05) is 0 Å². The molecule has 0 fully saturated rings. The van der Waals surface area contributed by atoms with Crippen LogP contribution in [-0.4, -0.2) is 40.9 Å². The van der Waals surface area contributed by atoms with Crippen LogP contribution in [0.3, 0.4) is 0 Å². The van der Waals surface area contributed by atoms with Crippen LogP contribution in [0.15, 0.2) is 0 Å². The summed E-state index contributed by atoms with van der Waals surface area (Å²) >= 11 is 0. The zero-order valence-corrected chi connectivity index (χ0v) is 12.9. The van der Waals surface area contributed by atoms with Crippen molar-refractivity contribution in [2.45, 2.75) is 59.0 Å². The van der Waals surface area contributed by atoms with Crippen molar-refractivity contribution < 1.29 is 19.5 Å². The van der Waals surface area contributed by atoms with Crippen LogP contribution < -0.4 is 10.6 Å². The van der Waals surface area contributed by atoms with Crippen LogP contribution in [0, 0.1) is 5.92 Å². The number of ketones is 1. The summed E-state index contributed by atoms with van der Waals surface area (Å²) in [5, 5.41) is 14.6. The zero-order chi connectivity index (χ0) is 15.9. The molecule has 20 heavy (non-hydrogen) atoms. The van der Waals surface area contributed by atoms with Crippen LogP contribution >= 0.6 is 0 Å². The van der Waals surface area contributed by atoms with E-state index >= 15 is 0 Å². The lowest BCUT2D eigenvalue weighted by Crippen LogP contribution is -2.54. The highest BCUT2D eigenvalue weighted by molar-refractivity contribution is 5.88. The first kappa shape index (κ1) is 18.6. The van der Waals surface area contributed by atoms with Gasteiger partial charge in [0.2, 0.25) is 5.91 Å². The predicted octanol–water partition coefficient (Wildman–Crippen LogP) is 0.949. The van der Waals surface area contributed by atoms with Crippen LogP contribution in [0.5, 0.6) is 0 Å². The van der Waals surface area contributed by atoms with Gasteiger partial charge in [-0.05, 0) is 26.2 Å². The minimum Gasteiger partial charge on any atom is -0.480 e. The summed E-state index contributed by atoms with van der Waals surface area (Å²) in [5.41, 5.74) is -1.13. The maximum Gasteiger partial charge on any atom is 0.323 e. The number of amides is 1. The monoisotopic (exact) mass is 286 g/mol. The first-order valence-electron chi connectivity index (χ1n) is 6.92. The molecule has 0 bridgehead atoms. The average molecular weight is 286 g/mol. The van der Waals surface area contributed by atoms with E-state index in [0.717, 1.165) is 0 Å². The van der Waals surface area contributed by atoms with Crippen LogP contribution in [0.25, 0.3) is 0 Å². The lowest BCUT2D eigenvalue weighted by atomic mass is 9.96. The van der Waals surface area contributed by atoms with Gasteiger partial charge in [0.1, 0.15) is 5.54 Å². The molecule has 0 aromatic rings. The van der Waals surface area contributed by atoms with E-state index in [1.165, 1.54) is 6.92 Å². The lowest BCUT2D eigenvalue weighted by Gasteiger charge is -2.26. The molecule has 0 rings (SSSR count). The van der Waals surface area contributed by atoms with Crippen LogP contribution in [0.4, 0.5) is 0 Å². The van der Waals surface area contributed by atoms with E-state index in [0.29, 0.717) is 12.8 Å². The van der Waals surface area contributed by atoms with Crippen molar-refractivity contribution in [3.05, 3.63) is 0 Å². The number of hydrogen-bond donors (Lipinski definition) is 3. The van der Waals surface area contributed by atoms with Gasteiger partial charge in [-0.25, -0.2) is 0 Å². The Morgan fingerprint density at radius 1 is 1.25 bits per heavy atom. The van der Waals surface area contributed by atoms with Gasteiger partial charge in [0.05, 0.1) is 12.6 Å². The normalized spacial score (nSPS) is 15.5. The highest BCUT2D eigenvalue weighted by Gasteiger charge is 2.32. The Kier molecular flexibility index (Phi) is 7.42.